The number of hydrogen-bond donors (Lipinski definition) is 1. The van der Waals surface area contributed by atoms with Gasteiger partial charge in [0.1, 0.15) is 5.38 Å². The van der Waals surface area contributed by atoms with Crippen LogP contribution in [0.25, 0.3) is 0 Å². The number of nitrogens with zero attached hydrogens (tertiary/aromatic N) is 2. The number of carbonyl (C=O) groups is 1. The number of aromatic nitrogens is 2. The van der Waals surface area contributed by atoms with Crippen LogP contribution in [-0.2, 0) is 4.79 Å². The first-order chi connectivity index (χ1) is 5.70. The summed E-state index contributed by atoms with van der Waals surface area (Å²) in [4.78, 5) is 18.6. The molecule has 0 saturated heterocycles. The number of anilines is 1. The van der Waals surface area contributed by atoms with Gasteiger partial charge in [0.05, 0.1) is 0 Å². The monoisotopic (exact) mass is 221 g/mol. The molecule has 1 aromatic heterocycles. The van der Waals surface area contributed by atoms with Crippen LogP contribution in [0, 0.1) is 0 Å². The zero-order chi connectivity index (χ0) is 8.97. The molecule has 72 valence electrons. The Morgan fingerprint density at radius 3 is 2.54 bits per heavy atom. The molecule has 6 heteroatoms. The highest BCUT2D eigenvalue weighted by Gasteiger charge is 2.09. The molecule has 0 aromatic carbocycles. The van der Waals surface area contributed by atoms with Gasteiger partial charge in [-0.3, -0.25) is 10.1 Å². The minimum absolute atomic E-state index is 0. The molecule has 13 heavy (non-hydrogen) atoms. The maximum absolute atomic E-state index is 11.0. The predicted octanol–water partition coefficient (Wildman–Crippen LogP) is 1.46. The molecule has 1 rings (SSSR count). The standard InChI is InChI=1S/C7H8ClN3O.ClH/c1-5(8)6(12)11-7-9-3-2-4-10-7;/h2-5H,1H3,(H,9,10,11,12);1H. The number of halogens is 2. The Kier molecular flexibility index (Phi) is 5.34. The van der Waals surface area contributed by atoms with Crippen molar-refractivity contribution in [2.75, 3.05) is 5.32 Å². The quantitative estimate of drug-likeness (QED) is 0.770. The van der Waals surface area contributed by atoms with Crippen molar-refractivity contribution in [2.24, 2.45) is 0 Å². The van der Waals surface area contributed by atoms with Crippen LogP contribution < -0.4 is 5.32 Å². The molecule has 0 spiro atoms. The van der Waals surface area contributed by atoms with E-state index in [4.69, 9.17) is 11.6 Å². The fourth-order valence-electron chi connectivity index (χ4n) is 0.573. The third-order valence-electron chi connectivity index (χ3n) is 1.16. The van der Waals surface area contributed by atoms with Gasteiger partial charge in [0.2, 0.25) is 11.9 Å². The number of amides is 1. The molecule has 0 radical (unpaired) electrons. The van der Waals surface area contributed by atoms with E-state index in [0.717, 1.165) is 0 Å². The van der Waals surface area contributed by atoms with Crippen molar-refractivity contribution in [1.82, 2.24) is 9.97 Å². The summed E-state index contributed by atoms with van der Waals surface area (Å²) in [7, 11) is 0. The summed E-state index contributed by atoms with van der Waals surface area (Å²) >= 11 is 5.51. The van der Waals surface area contributed by atoms with Crippen molar-refractivity contribution < 1.29 is 4.79 Å². The molecule has 1 atom stereocenters. The van der Waals surface area contributed by atoms with Crippen molar-refractivity contribution >= 4 is 35.9 Å². The fraction of sp³-hybridized carbons (Fsp3) is 0.286. The smallest absolute Gasteiger partial charge is 0.244 e. The van der Waals surface area contributed by atoms with E-state index >= 15 is 0 Å². The molecular weight excluding hydrogens is 213 g/mol. The summed E-state index contributed by atoms with van der Waals surface area (Å²) in [5.74, 6) is -0.0298. The zero-order valence-corrected chi connectivity index (χ0v) is 8.47. The van der Waals surface area contributed by atoms with Crippen LogP contribution in [0.3, 0.4) is 0 Å². The molecule has 1 heterocycles. The van der Waals surface area contributed by atoms with Crippen LogP contribution in [0.15, 0.2) is 18.5 Å². The maximum atomic E-state index is 11.0. The van der Waals surface area contributed by atoms with E-state index in [1.165, 1.54) is 0 Å². The highest BCUT2D eigenvalue weighted by atomic mass is 35.5. The van der Waals surface area contributed by atoms with Gasteiger partial charge < -0.3 is 0 Å². The molecule has 0 aliphatic heterocycles. The van der Waals surface area contributed by atoms with E-state index in [1.807, 2.05) is 0 Å². The van der Waals surface area contributed by atoms with Crippen molar-refractivity contribution in [3.63, 3.8) is 0 Å². The lowest BCUT2D eigenvalue weighted by Gasteiger charge is -2.02. The summed E-state index contributed by atoms with van der Waals surface area (Å²) in [6.07, 6.45) is 3.09. The first kappa shape index (κ1) is 12.1. The van der Waals surface area contributed by atoms with E-state index in [9.17, 15) is 4.79 Å². The normalized spacial score (nSPS) is 11.2. The van der Waals surface area contributed by atoms with E-state index in [0.29, 0.717) is 0 Å². The Morgan fingerprint density at radius 2 is 2.08 bits per heavy atom. The molecule has 0 fully saturated rings. The topological polar surface area (TPSA) is 54.9 Å². The minimum Gasteiger partial charge on any atom is -0.293 e. The maximum Gasteiger partial charge on any atom is 0.244 e. The molecule has 4 nitrogen and oxygen atoms in total. The third-order valence-corrected chi connectivity index (χ3v) is 1.36. The van der Waals surface area contributed by atoms with Crippen molar-refractivity contribution in [2.45, 2.75) is 12.3 Å². The van der Waals surface area contributed by atoms with E-state index in [-0.39, 0.29) is 24.3 Å². The van der Waals surface area contributed by atoms with Gasteiger partial charge in [-0.05, 0) is 13.0 Å². The van der Waals surface area contributed by atoms with Crippen molar-refractivity contribution in [3.8, 4) is 0 Å². The predicted molar refractivity (Wildman–Crippen MR) is 53.2 cm³/mol. The van der Waals surface area contributed by atoms with Gasteiger partial charge in [0.15, 0.2) is 0 Å². The van der Waals surface area contributed by atoms with Gasteiger partial charge in [-0.1, -0.05) is 0 Å². The molecule has 0 aliphatic carbocycles. The van der Waals surface area contributed by atoms with Crippen LogP contribution in [-0.4, -0.2) is 21.3 Å². The second-order valence-electron chi connectivity index (χ2n) is 2.18. The van der Waals surface area contributed by atoms with Gasteiger partial charge in [-0.25, -0.2) is 9.97 Å². The van der Waals surface area contributed by atoms with Gasteiger partial charge in [-0.2, -0.15) is 0 Å². The van der Waals surface area contributed by atoms with Crippen LogP contribution in [0.4, 0.5) is 5.95 Å². The van der Waals surface area contributed by atoms with Crippen molar-refractivity contribution in [1.29, 1.82) is 0 Å². The zero-order valence-electron chi connectivity index (χ0n) is 6.90. The van der Waals surface area contributed by atoms with Crippen LogP contribution >= 0.6 is 24.0 Å². The Hall–Kier alpha value is -0.870. The van der Waals surface area contributed by atoms with Crippen LogP contribution in [0.1, 0.15) is 6.92 Å². The van der Waals surface area contributed by atoms with E-state index < -0.39 is 5.38 Å². The number of rotatable bonds is 2. The lowest BCUT2D eigenvalue weighted by molar-refractivity contribution is -0.115. The average molecular weight is 222 g/mol. The van der Waals surface area contributed by atoms with E-state index in [1.54, 1.807) is 25.4 Å². The molecule has 0 saturated carbocycles. The molecule has 1 unspecified atom stereocenters. The average Bonchev–Trinajstić information content (AvgIpc) is 2.06. The highest BCUT2D eigenvalue weighted by Crippen LogP contribution is 1.99. The number of hydrogen-bond acceptors (Lipinski definition) is 3. The summed E-state index contributed by atoms with van der Waals surface area (Å²) < 4.78 is 0. The summed E-state index contributed by atoms with van der Waals surface area (Å²) in [5.41, 5.74) is 0. The Labute approximate surface area is 87.1 Å². The molecule has 1 N–H and O–H groups in total. The fourth-order valence-corrected chi connectivity index (χ4v) is 0.628. The molecular formula is C7H9Cl2N3O. The lowest BCUT2D eigenvalue weighted by atomic mass is 10.4. The summed E-state index contributed by atoms with van der Waals surface area (Å²) in [6, 6.07) is 1.67. The molecule has 0 aliphatic rings. The second-order valence-corrected chi connectivity index (χ2v) is 2.83. The first-order valence-corrected chi connectivity index (χ1v) is 3.86. The summed E-state index contributed by atoms with van der Waals surface area (Å²) in [6.45, 7) is 1.58. The molecule has 1 aromatic rings. The number of alkyl halides is 1. The summed E-state index contributed by atoms with van der Waals surface area (Å²) in [5, 5.41) is 1.87. The molecule has 0 bridgehead atoms. The number of nitrogens with one attached hydrogen (secondary N) is 1. The lowest BCUT2D eigenvalue weighted by Crippen LogP contribution is -2.21. The van der Waals surface area contributed by atoms with Crippen LogP contribution in [0.2, 0.25) is 0 Å². The minimum atomic E-state index is -0.575. The Balaban J connectivity index is 0.00000144. The van der Waals surface area contributed by atoms with Crippen LogP contribution in [0.5, 0.6) is 0 Å². The second kappa shape index (κ2) is 5.72. The van der Waals surface area contributed by atoms with E-state index in [2.05, 4.69) is 15.3 Å². The van der Waals surface area contributed by atoms with Gasteiger partial charge in [-0.15, -0.1) is 24.0 Å². The third kappa shape index (κ3) is 4.05. The van der Waals surface area contributed by atoms with Gasteiger partial charge >= 0.3 is 0 Å². The van der Waals surface area contributed by atoms with Gasteiger partial charge in [0.25, 0.3) is 0 Å². The SMILES string of the molecule is CC(Cl)C(=O)Nc1ncccn1.Cl. The highest BCUT2D eigenvalue weighted by molar-refractivity contribution is 6.32. The Morgan fingerprint density at radius 1 is 1.54 bits per heavy atom. The largest absolute Gasteiger partial charge is 0.293 e. The Bertz CT molecular complexity index is 266. The molecule has 1 amide bonds. The first-order valence-electron chi connectivity index (χ1n) is 3.42. The van der Waals surface area contributed by atoms with Crippen molar-refractivity contribution in [3.05, 3.63) is 18.5 Å². The number of carbonyl (C=O) groups excluding carboxylic acids is 1. The van der Waals surface area contributed by atoms with Gasteiger partial charge in [0, 0.05) is 12.4 Å².